The van der Waals surface area contributed by atoms with Gasteiger partial charge in [-0.3, -0.25) is 4.99 Å². The Bertz CT molecular complexity index is 533. The van der Waals surface area contributed by atoms with E-state index in [1.165, 1.54) is 0 Å². The molecule has 7 nitrogen and oxygen atoms in total. The molecule has 11 heteroatoms. The molecule has 1 heterocycles. The van der Waals surface area contributed by atoms with Crippen LogP contribution in [0.5, 0.6) is 0 Å². The van der Waals surface area contributed by atoms with Gasteiger partial charge >= 0.3 is 15.5 Å². The van der Waals surface area contributed by atoms with Crippen molar-refractivity contribution >= 4 is 16.0 Å². The van der Waals surface area contributed by atoms with E-state index in [9.17, 15) is 21.6 Å². The summed E-state index contributed by atoms with van der Waals surface area (Å²) in [6, 6.07) is 0. The molecule has 0 atom stereocenters. The molecule has 1 saturated heterocycles. The van der Waals surface area contributed by atoms with Crippen LogP contribution in [-0.4, -0.2) is 70.1 Å². The number of nitrogens with one attached hydrogen (secondary N) is 2. The SMILES string of the molecule is CCNC(=NCC1CCN(S(=O)(=O)C(F)(F)F)CC1)NCCCOCC. The molecule has 0 aromatic carbocycles. The summed E-state index contributed by atoms with van der Waals surface area (Å²) < 4.78 is 66.3. The molecular weight excluding hydrogens is 373 g/mol. The molecule has 0 spiro atoms. The van der Waals surface area contributed by atoms with Crippen molar-refractivity contribution in [2.24, 2.45) is 10.9 Å². The van der Waals surface area contributed by atoms with Crippen LogP contribution in [-0.2, 0) is 14.8 Å². The van der Waals surface area contributed by atoms with Crippen molar-refractivity contribution in [1.82, 2.24) is 14.9 Å². The average Bonchev–Trinajstić information content (AvgIpc) is 2.58. The molecule has 0 aliphatic carbocycles. The zero-order valence-electron chi connectivity index (χ0n) is 15.3. The Morgan fingerprint density at radius 2 is 1.88 bits per heavy atom. The highest BCUT2D eigenvalue weighted by atomic mass is 32.2. The maximum Gasteiger partial charge on any atom is 0.511 e. The quantitative estimate of drug-likeness (QED) is 0.347. The van der Waals surface area contributed by atoms with Gasteiger partial charge in [-0.2, -0.15) is 17.5 Å². The number of hydrogen-bond acceptors (Lipinski definition) is 4. The van der Waals surface area contributed by atoms with Crippen LogP contribution in [0.4, 0.5) is 13.2 Å². The van der Waals surface area contributed by atoms with Crippen molar-refractivity contribution < 1.29 is 26.3 Å². The molecule has 1 fully saturated rings. The maximum absolute atomic E-state index is 12.6. The average molecular weight is 402 g/mol. The van der Waals surface area contributed by atoms with Crippen molar-refractivity contribution in [2.75, 3.05) is 45.9 Å². The molecular formula is C15H29F3N4O3S. The van der Waals surface area contributed by atoms with Crippen molar-refractivity contribution in [1.29, 1.82) is 0 Å². The molecule has 154 valence electrons. The number of hydrogen-bond donors (Lipinski definition) is 2. The minimum absolute atomic E-state index is 0.0635. The van der Waals surface area contributed by atoms with Gasteiger partial charge < -0.3 is 15.4 Å². The number of sulfonamides is 1. The first-order valence-corrected chi connectivity index (χ1v) is 10.3. The van der Waals surface area contributed by atoms with E-state index in [4.69, 9.17) is 4.74 Å². The summed E-state index contributed by atoms with van der Waals surface area (Å²) in [5.74, 6) is 0.711. The molecule has 2 N–H and O–H groups in total. The first kappa shape index (κ1) is 23.0. The molecule has 0 saturated carbocycles. The molecule has 0 amide bonds. The van der Waals surface area contributed by atoms with E-state index < -0.39 is 15.5 Å². The van der Waals surface area contributed by atoms with E-state index in [0.717, 1.165) is 6.42 Å². The van der Waals surface area contributed by atoms with Crippen LogP contribution in [0, 0.1) is 5.92 Å². The molecule has 0 bridgehead atoms. The standard InChI is InChI=1S/C15H29F3N4O3S/c1-3-19-14(20-8-5-11-25-4-2)21-12-13-6-9-22(10-7-13)26(23,24)15(16,17)18/h13H,3-12H2,1-2H3,(H2,19,20,21). The van der Waals surface area contributed by atoms with Gasteiger partial charge in [0.2, 0.25) is 0 Å². The monoisotopic (exact) mass is 402 g/mol. The Morgan fingerprint density at radius 3 is 2.42 bits per heavy atom. The summed E-state index contributed by atoms with van der Waals surface area (Å²) in [6.45, 7) is 6.81. The lowest BCUT2D eigenvalue weighted by atomic mass is 9.98. The second kappa shape index (κ2) is 10.9. The van der Waals surface area contributed by atoms with Gasteiger partial charge in [-0.25, -0.2) is 8.42 Å². The lowest BCUT2D eigenvalue weighted by Crippen LogP contribution is -2.45. The Hall–Kier alpha value is -1.07. The number of ether oxygens (including phenoxy) is 1. The highest BCUT2D eigenvalue weighted by Crippen LogP contribution is 2.30. The largest absolute Gasteiger partial charge is 0.511 e. The van der Waals surface area contributed by atoms with E-state index in [2.05, 4.69) is 15.6 Å². The van der Waals surface area contributed by atoms with E-state index in [1.807, 2.05) is 13.8 Å². The Kier molecular flexibility index (Phi) is 9.66. The summed E-state index contributed by atoms with van der Waals surface area (Å²) in [6.07, 6.45) is 1.57. The summed E-state index contributed by atoms with van der Waals surface area (Å²) >= 11 is 0. The van der Waals surface area contributed by atoms with Gasteiger partial charge in [-0.1, -0.05) is 0 Å². The zero-order chi connectivity index (χ0) is 19.6. The topological polar surface area (TPSA) is 83.0 Å². The van der Waals surface area contributed by atoms with Crippen LogP contribution in [0.3, 0.4) is 0 Å². The van der Waals surface area contributed by atoms with Crippen molar-refractivity contribution in [3.8, 4) is 0 Å². The van der Waals surface area contributed by atoms with E-state index in [1.54, 1.807) is 0 Å². The Balaban J connectivity index is 2.45. The van der Waals surface area contributed by atoms with Crippen LogP contribution in [0.25, 0.3) is 0 Å². The Morgan fingerprint density at radius 1 is 1.23 bits per heavy atom. The maximum atomic E-state index is 12.6. The Labute approximate surface area is 153 Å². The molecule has 1 rings (SSSR count). The van der Waals surface area contributed by atoms with Gasteiger partial charge in [-0.15, -0.1) is 0 Å². The van der Waals surface area contributed by atoms with Crippen molar-refractivity contribution in [2.45, 2.75) is 38.6 Å². The number of aliphatic imine (C=N–C) groups is 1. The van der Waals surface area contributed by atoms with Crippen molar-refractivity contribution in [3.05, 3.63) is 0 Å². The molecule has 0 aromatic rings. The normalized spacial score (nSPS) is 18.1. The molecule has 0 unspecified atom stereocenters. The second-order valence-electron chi connectivity index (χ2n) is 5.99. The molecule has 0 aromatic heterocycles. The second-order valence-corrected chi connectivity index (χ2v) is 7.92. The van der Waals surface area contributed by atoms with Crippen molar-refractivity contribution in [3.63, 3.8) is 0 Å². The fourth-order valence-electron chi connectivity index (χ4n) is 2.57. The summed E-state index contributed by atoms with van der Waals surface area (Å²) in [5, 5.41) is 6.28. The lowest BCUT2D eigenvalue weighted by Gasteiger charge is -2.30. The minimum Gasteiger partial charge on any atom is -0.382 e. The number of alkyl halides is 3. The van der Waals surface area contributed by atoms with Gasteiger partial charge in [0.1, 0.15) is 0 Å². The van der Waals surface area contributed by atoms with Gasteiger partial charge in [0.15, 0.2) is 5.96 Å². The van der Waals surface area contributed by atoms with Gasteiger partial charge in [-0.05, 0) is 39.0 Å². The summed E-state index contributed by atoms with van der Waals surface area (Å²) in [4.78, 5) is 4.45. The van der Waals surface area contributed by atoms with E-state index >= 15 is 0 Å². The minimum atomic E-state index is -5.23. The zero-order valence-corrected chi connectivity index (χ0v) is 16.1. The molecule has 26 heavy (non-hydrogen) atoms. The van der Waals surface area contributed by atoms with Crippen LogP contribution in [0.2, 0.25) is 0 Å². The highest BCUT2D eigenvalue weighted by Gasteiger charge is 2.50. The highest BCUT2D eigenvalue weighted by molar-refractivity contribution is 7.90. The van der Waals surface area contributed by atoms with Gasteiger partial charge in [0.25, 0.3) is 0 Å². The third-order valence-corrected chi connectivity index (χ3v) is 5.65. The van der Waals surface area contributed by atoms with Crippen LogP contribution >= 0.6 is 0 Å². The predicted octanol–water partition coefficient (Wildman–Crippen LogP) is 1.53. The van der Waals surface area contributed by atoms with E-state index in [0.29, 0.717) is 56.0 Å². The van der Waals surface area contributed by atoms with Gasteiger partial charge in [0, 0.05) is 45.9 Å². The third kappa shape index (κ3) is 7.28. The van der Waals surface area contributed by atoms with Crippen LogP contribution in [0.15, 0.2) is 4.99 Å². The predicted molar refractivity (Wildman–Crippen MR) is 94.4 cm³/mol. The first-order valence-electron chi connectivity index (χ1n) is 8.88. The smallest absolute Gasteiger partial charge is 0.382 e. The van der Waals surface area contributed by atoms with Crippen LogP contribution < -0.4 is 10.6 Å². The first-order chi connectivity index (χ1) is 12.2. The molecule has 0 radical (unpaired) electrons. The fourth-order valence-corrected chi connectivity index (χ4v) is 3.55. The lowest BCUT2D eigenvalue weighted by molar-refractivity contribution is -0.0496. The molecule has 1 aliphatic heterocycles. The fraction of sp³-hybridized carbons (Fsp3) is 0.933. The molecule has 1 aliphatic rings. The number of rotatable bonds is 9. The number of halogens is 3. The van der Waals surface area contributed by atoms with Crippen LogP contribution in [0.1, 0.15) is 33.1 Å². The van der Waals surface area contributed by atoms with E-state index in [-0.39, 0.29) is 19.0 Å². The summed E-state index contributed by atoms with van der Waals surface area (Å²) in [7, 11) is -5.22. The number of piperidine rings is 1. The van der Waals surface area contributed by atoms with Gasteiger partial charge in [0.05, 0.1) is 0 Å². The number of nitrogens with zero attached hydrogens (tertiary/aromatic N) is 2. The summed E-state index contributed by atoms with van der Waals surface area (Å²) in [5.41, 5.74) is -5.23. The number of guanidine groups is 1. The third-order valence-electron chi connectivity index (χ3n) is 4.02.